The Hall–Kier alpha value is -1.33. The number of alkyl halides is 1. The van der Waals surface area contributed by atoms with Gasteiger partial charge < -0.3 is 9.73 Å². The summed E-state index contributed by atoms with van der Waals surface area (Å²) in [6, 6.07) is 3.66. The van der Waals surface area contributed by atoms with Crippen LogP contribution in [-0.2, 0) is 11.3 Å². The van der Waals surface area contributed by atoms with Crippen LogP contribution in [0.2, 0.25) is 0 Å². The van der Waals surface area contributed by atoms with Gasteiger partial charge in [-0.05, 0) is 19.1 Å². The highest BCUT2D eigenvalue weighted by molar-refractivity contribution is 7.13. The van der Waals surface area contributed by atoms with Crippen molar-refractivity contribution in [1.82, 2.24) is 10.3 Å². The monoisotopic (exact) mass is 270 g/mol. The molecular formula is C11H11ClN2O2S. The summed E-state index contributed by atoms with van der Waals surface area (Å²) in [5.74, 6) is 0.539. The van der Waals surface area contributed by atoms with Crippen molar-refractivity contribution in [2.75, 3.05) is 0 Å². The van der Waals surface area contributed by atoms with E-state index in [1.54, 1.807) is 13.2 Å². The van der Waals surface area contributed by atoms with Crippen LogP contribution in [0, 0.1) is 0 Å². The number of rotatable bonds is 4. The number of thiazole rings is 1. The van der Waals surface area contributed by atoms with Crippen LogP contribution in [0.5, 0.6) is 0 Å². The van der Waals surface area contributed by atoms with Crippen molar-refractivity contribution in [3.63, 3.8) is 0 Å². The second kappa shape index (κ2) is 5.33. The molecule has 2 aromatic rings. The number of furan rings is 1. The van der Waals surface area contributed by atoms with E-state index in [4.69, 9.17) is 16.0 Å². The van der Waals surface area contributed by atoms with E-state index < -0.39 is 5.38 Å². The average molecular weight is 271 g/mol. The standard InChI is InChI=1S/C11H11ClN2O2S/c1-7(12)10(15)13-5-8-6-17-11(14-8)9-3-2-4-16-9/h2-4,6-7H,5H2,1H3,(H,13,15). The highest BCUT2D eigenvalue weighted by Gasteiger charge is 2.10. The van der Waals surface area contributed by atoms with E-state index in [0.717, 1.165) is 16.5 Å². The van der Waals surface area contributed by atoms with Crippen molar-refractivity contribution in [2.45, 2.75) is 18.8 Å². The topological polar surface area (TPSA) is 55.1 Å². The molecule has 6 heteroatoms. The Morgan fingerprint density at radius 3 is 3.18 bits per heavy atom. The predicted molar refractivity (Wildman–Crippen MR) is 67.0 cm³/mol. The molecule has 0 saturated carbocycles. The third-order valence-electron chi connectivity index (χ3n) is 2.09. The van der Waals surface area contributed by atoms with Crippen molar-refractivity contribution in [3.8, 4) is 10.8 Å². The molecule has 2 heterocycles. The Kier molecular flexibility index (Phi) is 3.81. The summed E-state index contributed by atoms with van der Waals surface area (Å²) in [7, 11) is 0. The zero-order valence-electron chi connectivity index (χ0n) is 9.14. The molecule has 1 atom stereocenters. The quantitative estimate of drug-likeness (QED) is 0.869. The summed E-state index contributed by atoms with van der Waals surface area (Å²) in [5.41, 5.74) is 0.798. The number of carbonyl (C=O) groups is 1. The maximum absolute atomic E-state index is 11.3. The van der Waals surface area contributed by atoms with Crippen molar-refractivity contribution in [3.05, 3.63) is 29.5 Å². The summed E-state index contributed by atoms with van der Waals surface area (Å²) >= 11 is 7.11. The van der Waals surface area contributed by atoms with E-state index in [0.29, 0.717) is 6.54 Å². The molecule has 0 aliphatic heterocycles. The van der Waals surface area contributed by atoms with Gasteiger partial charge in [0.05, 0.1) is 18.5 Å². The number of carbonyl (C=O) groups excluding carboxylic acids is 1. The third kappa shape index (κ3) is 3.08. The second-order valence-electron chi connectivity index (χ2n) is 3.46. The molecule has 0 aliphatic carbocycles. The minimum atomic E-state index is -0.529. The predicted octanol–water partition coefficient (Wildman–Crippen LogP) is 2.65. The SMILES string of the molecule is CC(Cl)C(=O)NCc1csc(-c2ccco2)n1. The van der Waals surface area contributed by atoms with Crippen molar-refractivity contribution >= 4 is 28.8 Å². The summed E-state index contributed by atoms with van der Waals surface area (Å²) in [6.07, 6.45) is 1.60. The molecular weight excluding hydrogens is 260 g/mol. The molecule has 0 aromatic carbocycles. The number of aromatic nitrogens is 1. The molecule has 1 amide bonds. The fraction of sp³-hybridized carbons (Fsp3) is 0.273. The van der Waals surface area contributed by atoms with Gasteiger partial charge in [-0.15, -0.1) is 22.9 Å². The molecule has 0 spiro atoms. The summed E-state index contributed by atoms with van der Waals surface area (Å²) < 4.78 is 5.24. The Morgan fingerprint density at radius 2 is 2.53 bits per heavy atom. The lowest BCUT2D eigenvalue weighted by Gasteiger charge is -2.03. The zero-order chi connectivity index (χ0) is 12.3. The van der Waals surface area contributed by atoms with Gasteiger partial charge in [0.15, 0.2) is 10.8 Å². The van der Waals surface area contributed by atoms with Crippen LogP contribution in [0.1, 0.15) is 12.6 Å². The Labute approximate surface area is 108 Å². The molecule has 0 aliphatic rings. The summed E-state index contributed by atoms with van der Waals surface area (Å²) in [6.45, 7) is 2.01. The van der Waals surface area contributed by atoms with Crippen LogP contribution in [0.25, 0.3) is 10.8 Å². The lowest BCUT2D eigenvalue weighted by atomic mass is 10.4. The molecule has 4 nitrogen and oxygen atoms in total. The molecule has 2 aromatic heterocycles. The van der Waals surface area contributed by atoms with Gasteiger partial charge in [-0.1, -0.05) is 0 Å². The van der Waals surface area contributed by atoms with E-state index >= 15 is 0 Å². The molecule has 90 valence electrons. The van der Waals surface area contributed by atoms with Crippen LogP contribution >= 0.6 is 22.9 Å². The van der Waals surface area contributed by atoms with Gasteiger partial charge in [-0.2, -0.15) is 0 Å². The maximum atomic E-state index is 11.3. The van der Waals surface area contributed by atoms with E-state index in [-0.39, 0.29) is 5.91 Å². The number of amides is 1. The van der Waals surface area contributed by atoms with Crippen LogP contribution in [0.4, 0.5) is 0 Å². The van der Waals surface area contributed by atoms with E-state index in [1.165, 1.54) is 11.3 Å². The molecule has 17 heavy (non-hydrogen) atoms. The van der Waals surface area contributed by atoms with Crippen LogP contribution in [0.15, 0.2) is 28.2 Å². The first-order valence-electron chi connectivity index (χ1n) is 5.07. The first kappa shape index (κ1) is 12.1. The largest absolute Gasteiger partial charge is 0.462 e. The smallest absolute Gasteiger partial charge is 0.238 e. The molecule has 0 fully saturated rings. The van der Waals surface area contributed by atoms with Crippen LogP contribution < -0.4 is 5.32 Å². The first-order valence-corrected chi connectivity index (χ1v) is 6.38. The molecule has 0 saturated heterocycles. The Balaban J connectivity index is 1.97. The Morgan fingerprint density at radius 1 is 1.71 bits per heavy atom. The summed E-state index contributed by atoms with van der Waals surface area (Å²) in [4.78, 5) is 15.6. The minimum Gasteiger partial charge on any atom is -0.462 e. The number of halogens is 1. The van der Waals surface area contributed by atoms with Crippen LogP contribution in [0.3, 0.4) is 0 Å². The van der Waals surface area contributed by atoms with Crippen molar-refractivity contribution in [1.29, 1.82) is 0 Å². The van der Waals surface area contributed by atoms with Crippen molar-refractivity contribution < 1.29 is 9.21 Å². The first-order chi connectivity index (χ1) is 8.16. The fourth-order valence-corrected chi connectivity index (χ4v) is 2.08. The van der Waals surface area contributed by atoms with Gasteiger partial charge in [0.2, 0.25) is 5.91 Å². The van der Waals surface area contributed by atoms with E-state index in [1.807, 2.05) is 17.5 Å². The zero-order valence-corrected chi connectivity index (χ0v) is 10.7. The normalized spacial score (nSPS) is 12.4. The van der Waals surface area contributed by atoms with Crippen LogP contribution in [-0.4, -0.2) is 16.3 Å². The lowest BCUT2D eigenvalue weighted by molar-refractivity contribution is -0.120. The van der Waals surface area contributed by atoms with E-state index in [2.05, 4.69) is 10.3 Å². The third-order valence-corrected chi connectivity index (χ3v) is 3.19. The lowest BCUT2D eigenvalue weighted by Crippen LogP contribution is -2.29. The minimum absolute atomic E-state index is 0.195. The van der Waals surface area contributed by atoms with Gasteiger partial charge in [0, 0.05) is 5.38 Å². The van der Waals surface area contributed by atoms with Gasteiger partial charge in [0.1, 0.15) is 5.38 Å². The number of hydrogen-bond donors (Lipinski definition) is 1. The molecule has 0 radical (unpaired) electrons. The number of hydrogen-bond acceptors (Lipinski definition) is 4. The molecule has 1 unspecified atom stereocenters. The second-order valence-corrected chi connectivity index (χ2v) is 4.97. The average Bonchev–Trinajstić information content (AvgIpc) is 2.95. The molecule has 2 rings (SSSR count). The van der Waals surface area contributed by atoms with Gasteiger partial charge >= 0.3 is 0 Å². The van der Waals surface area contributed by atoms with E-state index in [9.17, 15) is 4.79 Å². The van der Waals surface area contributed by atoms with Gasteiger partial charge in [-0.25, -0.2) is 4.98 Å². The molecule has 1 N–H and O–H groups in total. The summed E-state index contributed by atoms with van der Waals surface area (Å²) in [5, 5.41) is 4.86. The van der Waals surface area contributed by atoms with Crippen molar-refractivity contribution in [2.24, 2.45) is 0 Å². The molecule has 0 bridgehead atoms. The number of nitrogens with zero attached hydrogens (tertiary/aromatic N) is 1. The van der Waals surface area contributed by atoms with Gasteiger partial charge in [0.25, 0.3) is 0 Å². The van der Waals surface area contributed by atoms with Gasteiger partial charge in [-0.3, -0.25) is 4.79 Å². The number of nitrogens with one attached hydrogen (secondary N) is 1. The highest BCUT2D eigenvalue weighted by Crippen LogP contribution is 2.23. The maximum Gasteiger partial charge on any atom is 0.238 e. The fourth-order valence-electron chi connectivity index (χ4n) is 1.22. The Bertz CT molecular complexity index is 493. The highest BCUT2D eigenvalue weighted by atomic mass is 35.5.